The molecule has 0 amide bonds. The van der Waals surface area contributed by atoms with Crippen LogP contribution in [0.3, 0.4) is 0 Å². The first-order valence-corrected chi connectivity index (χ1v) is 6.75. The van der Waals surface area contributed by atoms with Crippen molar-refractivity contribution in [2.75, 3.05) is 27.2 Å². The number of rotatable bonds is 5. The molecule has 3 heteroatoms. The van der Waals surface area contributed by atoms with E-state index in [2.05, 4.69) is 61.6 Å². The molecule has 0 saturated carbocycles. The molecule has 1 aromatic rings. The smallest absolute Gasteiger partial charge is 0.0700 e. The van der Waals surface area contributed by atoms with Crippen molar-refractivity contribution in [2.45, 2.75) is 31.5 Å². The molecule has 2 rings (SSSR count). The highest BCUT2D eigenvalue weighted by atomic mass is 16.5. The molecular formula is C15H24N2O. The van der Waals surface area contributed by atoms with E-state index in [1.807, 2.05) is 0 Å². The van der Waals surface area contributed by atoms with Crippen LogP contribution in [0, 0.1) is 0 Å². The van der Waals surface area contributed by atoms with Gasteiger partial charge in [0, 0.05) is 25.2 Å². The van der Waals surface area contributed by atoms with Gasteiger partial charge in [-0.1, -0.05) is 30.3 Å². The molecule has 1 fully saturated rings. The van der Waals surface area contributed by atoms with Gasteiger partial charge in [-0.2, -0.15) is 0 Å². The molecule has 1 N–H and O–H groups in total. The molecule has 1 aliphatic rings. The number of likely N-dealkylation sites (N-methyl/N-ethyl adjacent to an activating group) is 1. The minimum atomic E-state index is 0.337. The van der Waals surface area contributed by atoms with Crippen LogP contribution in [0.15, 0.2) is 30.3 Å². The summed E-state index contributed by atoms with van der Waals surface area (Å²) in [5.74, 6) is 0. The second kappa shape index (κ2) is 6.32. The normalized spacial score (nSPS) is 25.6. The van der Waals surface area contributed by atoms with E-state index in [9.17, 15) is 0 Å². The van der Waals surface area contributed by atoms with E-state index in [-0.39, 0.29) is 0 Å². The van der Waals surface area contributed by atoms with Gasteiger partial charge in [-0.25, -0.2) is 0 Å². The first-order chi connectivity index (χ1) is 8.68. The Labute approximate surface area is 110 Å². The van der Waals surface area contributed by atoms with E-state index >= 15 is 0 Å². The van der Waals surface area contributed by atoms with Gasteiger partial charge >= 0.3 is 0 Å². The summed E-state index contributed by atoms with van der Waals surface area (Å²) in [7, 11) is 4.27. The SMILES string of the molecule is CC1OCCC1NCC(c1ccccc1)N(C)C. The van der Waals surface area contributed by atoms with Crippen LogP contribution in [0.4, 0.5) is 0 Å². The molecule has 1 saturated heterocycles. The molecule has 100 valence electrons. The average Bonchev–Trinajstić information content (AvgIpc) is 2.76. The highest BCUT2D eigenvalue weighted by Gasteiger charge is 2.25. The fourth-order valence-corrected chi connectivity index (χ4v) is 2.54. The molecule has 0 spiro atoms. The standard InChI is InChI=1S/C15H24N2O/c1-12-14(9-10-18-12)16-11-15(17(2)3)13-7-5-4-6-8-13/h4-8,12,14-16H,9-11H2,1-3H3. The maximum absolute atomic E-state index is 5.59. The number of nitrogens with one attached hydrogen (secondary N) is 1. The van der Waals surface area contributed by atoms with Gasteiger partial charge in [-0.05, 0) is 33.0 Å². The monoisotopic (exact) mass is 248 g/mol. The topological polar surface area (TPSA) is 24.5 Å². The van der Waals surface area contributed by atoms with Gasteiger partial charge in [0.25, 0.3) is 0 Å². The van der Waals surface area contributed by atoms with Gasteiger partial charge in [0.05, 0.1) is 6.10 Å². The Hall–Kier alpha value is -0.900. The summed E-state index contributed by atoms with van der Waals surface area (Å²) in [4.78, 5) is 2.27. The second-order valence-corrected chi connectivity index (χ2v) is 5.27. The van der Waals surface area contributed by atoms with Crippen molar-refractivity contribution in [3.05, 3.63) is 35.9 Å². The number of ether oxygens (including phenoxy) is 1. The molecule has 1 aromatic carbocycles. The van der Waals surface area contributed by atoms with Crippen LogP contribution in [-0.4, -0.2) is 44.3 Å². The minimum Gasteiger partial charge on any atom is -0.377 e. The van der Waals surface area contributed by atoms with Crippen LogP contribution in [-0.2, 0) is 4.74 Å². The van der Waals surface area contributed by atoms with Crippen molar-refractivity contribution in [2.24, 2.45) is 0 Å². The highest BCUT2D eigenvalue weighted by Crippen LogP contribution is 2.19. The molecule has 3 unspecified atom stereocenters. The Bertz CT molecular complexity index is 353. The van der Waals surface area contributed by atoms with Crippen molar-refractivity contribution in [3.8, 4) is 0 Å². The highest BCUT2D eigenvalue weighted by molar-refractivity contribution is 5.19. The lowest BCUT2D eigenvalue weighted by molar-refractivity contribution is 0.111. The van der Waals surface area contributed by atoms with Crippen LogP contribution < -0.4 is 5.32 Å². The first kappa shape index (κ1) is 13.5. The summed E-state index contributed by atoms with van der Waals surface area (Å²) in [6, 6.07) is 11.6. The van der Waals surface area contributed by atoms with E-state index in [4.69, 9.17) is 4.74 Å². The van der Waals surface area contributed by atoms with Crippen LogP contribution in [0.5, 0.6) is 0 Å². The summed E-state index contributed by atoms with van der Waals surface area (Å²) in [6.07, 6.45) is 1.46. The lowest BCUT2D eigenvalue weighted by Gasteiger charge is -2.27. The van der Waals surface area contributed by atoms with E-state index in [0.717, 1.165) is 19.6 Å². The van der Waals surface area contributed by atoms with E-state index in [0.29, 0.717) is 18.2 Å². The summed E-state index contributed by atoms with van der Waals surface area (Å²) < 4.78 is 5.59. The molecule has 3 nitrogen and oxygen atoms in total. The zero-order chi connectivity index (χ0) is 13.0. The maximum Gasteiger partial charge on any atom is 0.0700 e. The van der Waals surface area contributed by atoms with Crippen molar-refractivity contribution in [1.82, 2.24) is 10.2 Å². The molecule has 0 aromatic heterocycles. The van der Waals surface area contributed by atoms with Gasteiger partial charge in [-0.3, -0.25) is 0 Å². The molecule has 1 heterocycles. The van der Waals surface area contributed by atoms with Crippen molar-refractivity contribution < 1.29 is 4.74 Å². The lowest BCUT2D eigenvalue weighted by atomic mass is 10.0. The van der Waals surface area contributed by atoms with E-state index < -0.39 is 0 Å². The van der Waals surface area contributed by atoms with E-state index in [1.165, 1.54) is 5.56 Å². The Balaban J connectivity index is 1.95. The molecule has 0 bridgehead atoms. The van der Waals surface area contributed by atoms with Crippen molar-refractivity contribution in [3.63, 3.8) is 0 Å². The van der Waals surface area contributed by atoms with Gasteiger partial charge in [0.2, 0.25) is 0 Å². The Kier molecular flexibility index (Phi) is 4.75. The number of hydrogen-bond donors (Lipinski definition) is 1. The molecule has 3 atom stereocenters. The van der Waals surface area contributed by atoms with Crippen LogP contribution in [0.1, 0.15) is 24.9 Å². The summed E-state index contributed by atoms with van der Waals surface area (Å²) >= 11 is 0. The quantitative estimate of drug-likeness (QED) is 0.863. The van der Waals surface area contributed by atoms with Crippen LogP contribution >= 0.6 is 0 Å². The van der Waals surface area contributed by atoms with Crippen molar-refractivity contribution in [1.29, 1.82) is 0 Å². The Morgan fingerprint density at radius 3 is 2.61 bits per heavy atom. The summed E-state index contributed by atoms with van der Waals surface area (Å²) in [5, 5.41) is 3.64. The Morgan fingerprint density at radius 1 is 1.33 bits per heavy atom. The Morgan fingerprint density at radius 2 is 2.06 bits per heavy atom. The van der Waals surface area contributed by atoms with Gasteiger partial charge in [-0.15, -0.1) is 0 Å². The zero-order valence-corrected chi connectivity index (χ0v) is 11.6. The number of nitrogens with zero attached hydrogens (tertiary/aromatic N) is 1. The molecule has 0 aliphatic carbocycles. The zero-order valence-electron chi connectivity index (χ0n) is 11.6. The number of benzene rings is 1. The van der Waals surface area contributed by atoms with Gasteiger partial charge < -0.3 is 15.0 Å². The summed E-state index contributed by atoms with van der Waals surface area (Å²) in [6.45, 7) is 4.00. The fraction of sp³-hybridized carbons (Fsp3) is 0.600. The van der Waals surface area contributed by atoms with Crippen LogP contribution in [0.2, 0.25) is 0 Å². The first-order valence-electron chi connectivity index (χ1n) is 6.75. The lowest BCUT2D eigenvalue weighted by Crippen LogP contribution is -2.40. The molecule has 0 radical (unpaired) electrons. The predicted octanol–water partition coefficient (Wildman–Crippen LogP) is 2.06. The molecule has 1 aliphatic heterocycles. The maximum atomic E-state index is 5.59. The third kappa shape index (κ3) is 3.31. The number of hydrogen-bond acceptors (Lipinski definition) is 3. The average molecular weight is 248 g/mol. The predicted molar refractivity (Wildman–Crippen MR) is 74.7 cm³/mol. The molecular weight excluding hydrogens is 224 g/mol. The third-order valence-electron chi connectivity index (χ3n) is 3.76. The van der Waals surface area contributed by atoms with Gasteiger partial charge in [0.1, 0.15) is 0 Å². The summed E-state index contributed by atoms with van der Waals surface area (Å²) in [5.41, 5.74) is 1.36. The third-order valence-corrected chi connectivity index (χ3v) is 3.76. The second-order valence-electron chi connectivity index (χ2n) is 5.27. The molecule has 18 heavy (non-hydrogen) atoms. The minimum absolute atomic E-state index is 0.337. The fourth-order valence-electron chi connectivity index (χ4n) is 2.54. The van der Waals surface area contributed by atoms with Crippen molar-refractivity contribution >= 4 is 0 Å². The van der Waals surface area contributed by atoms with Gasteiger partial charge in [0.15, 0.2) is 0 Å². The van der Waals surface area contributed by atoms with E-state index in [1.54, 1.807) is 0 Å². The van der Waals surface area contributed by atoms with Crippen LogP contribution in [0.25, 0.3) is 0 Å². The largest absolute Gasteiger partial charge is 0.377 e.